The van der Waals surface area contributed by atoms with Crippen molar-refractivity contribution in [2.45, 2.75) is 0 Å². The Hall–Kier alpha value is -1.92. The molecule has 0 aliphatic carbocycles. The second-order valence-electron chi connectivity index (χ2n) is 3.67. The molecule has 20 heavy (non-hydrogen) atoms. The molecular weight excluding hydrogens is 316 g/mol. The first kappa shape index (κ1) is 13.1. The van der Waals surface area contributed by atoms with Crippen molar-refractivity contribution in [1.82, 2.24) is 15.1 Å². The molecule has 0 aliphatic heterocycles. The largest absolute Gasteiger partial charge is 0.334 e. The Balaban J connectivity index is 1.97. The number of aromatic nitrogens is 3. The number of nitrogens with zero attached hydrogens (tertiary/aromatic N) is 4. The van der Waals surface area contributed by atoms with E-state index in [1.165, 1.54) is 11.3 Å². The van der Waals surface area contributed by atoms with E-state index in [-0.39, 0.29) is 0 Å². The molecule has 8 heteroatoms. The number of aliphatic imine (C=N–C) groups is 1. The van der Waals surface area contributed by atoms with Gasteiger partial charge in [0.15, 0.2) is 0 Å². The van der Waals surface area contributed by atoms with E-state index in [1.54, 1.807) is 23.7 Å². The van der Waals surface area contributed by atoms with Gasteiger partial charge in [0.05, 0.1) is 21.4 Å². The van der Waals surface area contributed by atoms with Crippen LogP contribution in [0.5, 0.6) is 0 Å². The fourth-order valence-corrected chi connectivity index (χ4v) is 2.40. The lowest BCUT2D eigenvalue weighted by Crippen LogP contribution is -1.81. The molecule has 0 unspecified atom stereocenters. The number of thiocarbonyl (C=S) groups is 1. The number of hydrogen-bond donors (Lipinski definition) is 0. The summed E-state index contributed by atoms with van der Waals surface area (Å²) in [6, 6.07) is 5.17. The van der Waals surface area contributed by atoms with E-state index in [4.69, 9.17) is 16.1 Å². The maximum atomic E-state index is 6.08. The van der Waals surface area contributed by atoms with Crippen LogP contribution in [0.4, 0.5) is 5.69 Å². The molecule has 1 aromatic carbocycles. The van der Waals surface area contributed by atoms with E-state index >= 15 is 0 Å². The second-order valence-corrected chi connectivity index (χ2v) is 4.97. The van der Waals surface area contributed by atoms with Gasteiger partial charge in [0.2, 0.25) is 5.82 Å². The van der Waals surface area contributed by atoms with Crippen molar-refractivity contribution in [1.29, 1.82) is 0 Å². The van der Waals surface area contributed by atoms with Crippen LogP contribution < -0.4 is 0 Å². The van der Waals surface area contributed by atoms with Crippen LogP contribution in [0.1, 0.15) is 0 Å². The molecule has 0 atom stereocenters. The minimum Gasteiger partial charge on any atom is -0.334 e. The van der Waals surface area contributed by atoms with Crippen molar-refractivity contribution in [3.63, 3.8) is 0 Å². The zero-order valence-corrected chi connectivity index (χ0v) is 12.2. The molecule has 0 amide bonds. The third-order valence-corrected chi connectivity index (χ3v) is 3.43. The topological polar surface area (TPSA) is 64.2 Å². The molecule has 0 spiro atoms. The lowest BCUT2D eigenvalue weighted by Gasteiger charge is -1.98. The molecule has 2 aromatic heterocycles. The summed E-state index contributed by atoms with van der Waals surface area (Å²) >= 11 is 12.1. The molecule has 0 radical (unpaired) electrons. The zero-order chi connectivity index (χ0) is 13.9. The van der Waals surface area contributed by atoms with Crippen LogP contribution in [0.15, 0.2) is 38.6 Å². The molecule has 0 saturated heterocycles. The predicted octanol–water partition coefficient (Wildman–Crippen LogP) is 4.25. The quantitative estimate of drug-likeness (QED) is 0.533. The van der Waals surface area contributed by atoms with Crippen molar-refractivity contribution in [3.05, 3.63) is 34.1 Å². The van der Waals surface area contributed by atoms with Crippen molar-refractivity contribution in [2.24, 2.45) is 4.99 Å². The van der Waals surface area contributed by atoms with Crippen LogP contribution in [0.25, 0.3) is 23.0 Å². The van der Waals surface area contributed by atoms with E-state index in [9.17, 15) is 0 Å². The summed E-state index contributed by atoms with van der Waals surface area (Å²) in [7, 11) is 0. The number of halogens is 1. The van der Waals surface area contributed by atoms with E-state index in [0.29, 0.717) is 33.7 Å². The molecule has 3 aromatic rings. The second kappa shape index (κ2) is 5.60. The number of thiazole rings is 1. The normalized spacial score (nSPS) is 10.2. The van der Waals surface area contributed by atoms with Gasteiger partial charge in [-0.25, -0.2) is 4.98 Å². The Morgan fingerprint density at radius 1 is 1.40 bits per heavy atom. The van der Waals surface area contributed by atoms with E-state index in [0.717, 1.165) is 0 Å². The number of benzene rings is 1. The van der Waals surface area contributed by atoms with Gasteiger partial charge in [0.25, 0.3) is 5.89 Å². The van der Waals surface area contributed by atoms with Gasteiger partial charge in [-0.2, -0.15) is 9.98 Å². The molecule has 98 valence electrons. The number of isothiocyanates is 1. The lowest BCUT2D eigenvalue weighted by molar-refractivity contribution is 0.432. The zero-order valence-electron chi connectivity index (χ0n) is 9.78. The van der Waals surface area contributed by atoms with Crippen molar-refractivity contribution in [3.8, 4) is 23.0 Å². The summed E-state index contributed by atoms with van der Waals surface area (Å²) in [6.45, 7) is 0. The molecule has 0 bridgehead atoms. The summed E-state index contributed by atoms with van der Waals surface area (Å²) < 4.78 is 5.21. The lowest BCUT2D eigenvalue weighted by atomic mass is 10.2. The third-order valence-electron chi connectivity index (χ3n) is 2.45. The number of rotatable bonds is 3. The Morgan fingerprint density at radius 2 is 2.30 bits per heavy atom. The Kier molecular flexibility index (Phi) is 3.66. The van der Waals surface area contributed by atoms with Gasteiger partial charge in [-0.3, -0.25) is 0 Å². The highest BCUT2D eigenvalue weighted by Crippen LogP contribution is 2.30. The molecule has 5 nitrogen and oxygen atoms in total. The molecule has 0 N–H and O–H groups in total. The Labute approximate surface area is 128 Å². The fourth-order valence-electron chi connectivity index (χ4n) is 1.55. The van der Waals surface area contributed by atoms with Crippen LogP contribution in [0, 0.1) is 0 Å². The van der Waals surface area contributed by atoms with Gasteiger partial charge in [-0.1, -0.05) is 16.8 Å². The van der Waals surface area contributed by atoms with Crippen LogP contribution in [-0.2, 0) is 0 Å². The summed E-state index contributed by atoms with van der Waals surface area (Å²) in [6.07, 6.45) is 0. The predicted molar refractivity (Wildman–Crippen MR) is 80.5 cm³/mol. The van der Waals surface area contributed by atoms with Crippen molar-refractivity contribution in [2.75, 3.05) is 0 Å². The van der Waals surface area contributed by atoms with Crippen LogP contribution in [0.2, 0.25) is 5.02 Å². The summed E-state index contributed by atoms with van der Waals surface area (Å²) in [5, 5.41) is 8.44. The summed E-state index contributed by atoms with van der Waals surface area (Å²) in [5.74, 6) is 0.811. The first-order valence-corrected chi connectivity index (χ1v) is 7.11. The van der Waals surface area contributed by atoms with Gasteiger partial charge < -0.3 is 4.52 Å². The standard InChI is InChI=1S/C12H5ClN4OS2/c13-8-3-7(1-2-9(8)14-5-19)12-16-11(17-18-12)10-4-20-6-15-10/h1-4,6H. The molecule has 0 fully saturated rings. The average Bonchev–Trinajstić information content (AvgIpc) is 3.11. The average molecular weight is 321 g/mol. The maximum Gasteiger partial charge on any atom is 0.258 e. The summed E-state index contributed by atoms with van der Waals surface area (Å²) in [4.78, 5) is 12.2. The van der Waals surface area contributed by atoms with E-state index in [2.05, 4.69) is 37.5 Å². The molecule has 2 heterocycles. The van der Waals surface area contributed by atoms with Crippen LogP contribution in [-0.4, -0.2) is 20.3 Å². The van der Waals surface area contributed by atoms with Gasteiger partial charge in [0.1, 0.15) is 5.69 Å². The Morgan fingerprint density at radius 3 is 3.00 bits per heavy atom. The van der Waals surface area contributed by atoms with E-state index in [1.807, 2.05) is 5.38 Å². The number of hydrogen-bond acceptors (Lipinski definition) is 7. The van der Waals surface area contributed by atoms with Gasteiger partial charge in [-0.15, -0.1) is 11.3 Å². The maximum absolute atomic E-state index is 6.08. The SMILES string of the molecule is S=C=Nc1ccc(-c2nc(-c3cscn3)no2)cc1Cl. The van der Waals surface area contributed by atoms with E-state index < -0.39 is 0 Å². The van der Waals surface area contributed by atoms with Gasteiger partial charge >= 0.3 is 0 Å². The summed E-state index contributed by atoms with van der Waals surface area (Å²) in [5.41, 5.74) is 3.63. The first-order chi connectivity index (χ1) is 9.78. The van der Waals surface area contributed by atoms with Gasteiger partial charge in [-0.05, 0) is 30.4 Å². The smallest absolute Gasteiger partial charge is 0.258 e. The van der Waals surface area contributed by atoms with Gasteiger partial charge in [0, 0.05) is 10.9 Å². The monoisotopic (exact) mass is 320 g/mol. The minimum atomic E-state index is 0.368. The molecule has 3 rings (SSSR count). The van der Waals surface area contributed by atoms with Crippen molar-refractivity contribution >= 4 is 46.0 Å². The highest BCUT2D eigenvalue weighted by Gasteiger charge is 2.13. The molecular formula is C12H5ClN4OS2. The third kappa shape index (κ3) is 2.52. The van der Waals surface area contributed by atoms with Crippen molar-refractivity contribution < 1.29 is 4.52 Å². The van der Waals surface area contributed by atoms with Crippen LogP contribution >= 0.6 is 35.2 Å². The van der Waals surface area contributed by atoms with Crippen LogP contribution in [0.3, 0.4) is 0 Å². The Bertz CT molecular complexity index is 794. The molecule has 0 aliphatic rings. The minimum absolute atomic E-state index is 0.368. The molecule has 0 saturated carbocycles. The fraction of sp³-hybridized carbons (Fsp3) is 0. The highest BCUT2D eigenvalue weighted by atomic mass is 35.5. The first-order valence-electron chi connectivity index (χ1n) is 5.38. The highest BCUT2D eigenvalue weighted by molar-refractivity contribution is 7.78.